The second-order valence-electron chi connectivity index (χ2n) is 3.25. The van der Waals surface area contributed by atoms with Crippen LogP contribution < -0.4 is 5.73 Å². The molecular formula is C11H8ClF2NS. The van der Waals surface area contributed by atoms with Crippen LogP contribution in [0.4, 0.5) is 8.78 Å². The number of thiophene rings is 1. The van der Waals surface area contributed by atoms with Crippen molar-refractivity contribution < 1.29 is 8.78 Å². The van der Waals surface area contributed by atoms with E-state index in [9.17, 15) is 8.78 Å². The largest absolute Gasteiger partial charge is 0.319 e. The Balaban J connectivity index is 2.45. The first-order chi connectivity index (χ1) is 7.59. The van der Waals surface area contributed by atoms with E-state index in [1.807, 2.05) is 0 Å². The van der Waals surface area contributed by atoms with Gasteiger partial charge in [0.2, 0.25) is 0 Å². The van der Waals surface area contributed by atoms with Gasteiger partial charge in [-0.25, -0.2) is 8.78 Å². The van der Waals surface area contributed by atoms with Gasteiger partial charge in [0.25, 0.3) is 0 Å². The normalized spacial score (nSPS) is 12.8. The molecule has 0 aliphatic heterocycles. The standard InChI is InChI=1S/C11H8ClF2NS/c12-9-5-4-8(16-9)11(15)10-6(13)2-1-3-7(10)14/h1-5,11H,15H2. The summed E-state index contributed by atoms with van der Waals surface area (Å²) < 4.78 is 27.4. The van der Waals surface area contributed by atoms with Crippen molar-refractivity contribution in [1.29, 1.82) is 0 Å². The molecule has 1 aromatic carbocycles. The van der Waals surface area contributed by atoms with Crippen LogP contribution in [0.25, 0.3) is 0 Å². The Bertz CT molecular complexity index is 492. The van der Waals surface area contributed by atoms with Crippen molar-refractivity contribution in [2.24, 2.45) is 5.73 Å². The van der Waals surface area contributed by atoms with Gasteiger partial charge in [-0.2, -0.15) is 0 Å². The van der Waals surface area contributed by atoms with Crippen LogP contribution in [0.2, 0.25) is 4.34 Å². The predicted octanol–water partition coefficient (Wildman–Crippen LogP) is 3.73. The van der Waals surface area contributed by atoms with Gasteiger partial charge in [-0.15, -0.1) is 11.3 Å². The lowest BCUT2D eigenvalue weighted by atomic mass is 10.1. The van der Waals surface area contributed by atoms with Gasteiger partial charge in [0.15, 0.2) is 0 Å². The third-order valence-corrected chi connectivity index (χ3v) is 3.53. The van der Waals surface area contributed by atoms with Crippen LogP contribution in [0.15, 0.2) is 30.3 Å². The van der Waals surface area contributed by atoms with Crippen molar-refractivity contribution in [3.63, 3.8) is 0 Å². The fourth-order valence-corrected chi connectivity index (χ4v) is 2.52. The van der Waals surface area contributed by atoms with E-state index in [1.54, 1.807) is 12.1 Å². The van der Waals surface area contributed by atoms with Crippen molar-refractivity contribution >= 4 is 22.9 Å². The van der Waals surface area contributed by atoms with Crippen molar-refractivity contribution in [3.8, 4) is 0 Å². The molecule has 0 saturated heterocycles. The molecule has 0 spiro atoms. The van der Waals surface area contributed by atoms with E-state index in [4.69, 9.17) is 17.3 Å². The average molecular weight is 260 g/mol. The summed E-state index contributed by atoms with van der Waals surface area (Å²) in [5.74, 6) is -1.28. The number of rotatable bonds is 2. The predicted molar refractivity (Wildman–Crippen MR) is 61.7 cm³/mol. The minimum Gasteiger partial charge on any atom is -0.319 e. The van der Waals surface area contributed by atoms with Gasteiger partial charge in [0.05, 0.1) is 10.4 Å². The monoisotopic (exact) mass is 259 g/mol. The van der Waals surface area contributed by atoms with E-state index >= 15 is 0 Å². The van der Waals surface area contributed by atoms with Crippen LogP contribution in [-0.4, -0.2) is 0 Å². The molecule has 2 N–H and O–H groups in total. The second kappa shape index (κ2) is 4.49. The van der Waals surface area contributed by atoms with E-state index in [1.165, 1.54) is 29.5 Å². The number of benzene rings is 1. The van der Waals surface area contributed by atoms with Gasteiger partial charge < -0.3 is 5.73 Å². The Kier molecular flexibility index (Phi) is 3.23. The molecule has 0 aliphatic carbocycles. The number of halogens is 3. The molecule has 1 heterocycles. The first kappa shape index (κ1) is 11.5. The zero-order chi connectivity index (χ0) is 11.7. The van der Waals surface area contributed by atoms with E-state index in [-0.39, 0.29) is 5.56 Å². The van der Waals surface area contributed by atoms with Crippen molar-refractivity contribution in [2.75, 3.05) is 0 Å². The summed E-state index contributed by atoms with van der Waals surface area (Å²) in [4.78, 5) is 0.633. The summed E-state index contributed by atoms with van der Waals surface area (Å²) in [7, 11) is 0. The second-order valence-corrected chi connectivity index (χ2v) is 5.00. The topological polar surface area (TPSA) is 26.0 Å². The third kappa shape index (κ3) is 2.09. The zero-order valence-corrected chi connectivity index (χ0v) is 9.66. The van der Waals surface area contributed by atoms with Crippen LogP contribution in [-0.2, 0) is 0 Å². The summed E-state index contributed by atoms with van der Waals surface area (Å²) in [6, 6.07) is 6.19. The first-order valence-electron chi connectivity index (χ1n) is 4.54. The summed E-state index contributed by atoms with van der Waals surface area (Å²) in [5.41, 5.74) is 5.68. The molecule has 0 saturated carbocycles. The highest BCUT2D eigenvalue weighted by Crippen LogP contribution is 2.31. The summed E-state index contributed by atoms with van der Waals surface area (Å²) >= 11 is 6.96. The Morgan fingerprint density at radius 1 is 1.12 bits per heavy atom. The van der Waals surface area contributed by atoms with Gasteiger partial charge in [0.1, 0.15) is 11.6 Å². The van der Waals surface area contributed by atoms with Crippen LogP contribution in [0.3, 0.4) is 0 Å². The minimum absolute atomic E-state index is 0.124. The Labute approximate surface area is 100 Å². The molecule has 16 heavy (non-hydrogen) atoms. The maximum Gasteiger partial charge on any atom is 0.131 e. The molecule has 84 valence electrons. The van der Waals surface area contributed by atoms with Crippen molar-refractivity contribution in [1.82, 2.24) is 0 Å². The van der Waals surface area contributed by atoms with Crippen LogP contribution in [0.1, 0.15) is 16.5 Å². The highest BCUT2D eigenvalue weighted by atomic mass is 35.5. The van der Waals surface area contributed by atoms with E-state index < -0.39 is 17.7 Å². The summed E-state index contributed by atoms with van der Waals surface area (Å²) in [6.45, 7) is 0. The smallest absolute Gasteiger partial charge is 0.131 e. The fourth-order valence-electron chi connectivity index (χ4n) is 1.45. The molecule has 0 radical (unpaired) electrons. The van der Waals surface area contributed by atoms with Crippen LogP contribution in [0.5, 0.6) is 0 Å². The zero-order valence-electron chi connectivity index (χ0n) is 8.08. The van der Waals surface area contributed by atoms with E-state index in [2.05, 4.69) is 0 Å². The van der Waals surface area contributed by atoms with E-state index in [0.717, 1.165) is 0 Å². The number of hydrogen-bond acceptors (Lipinski definition) is 2. The van der Waals surface area contributed by atoms with E-state index in [0.29, 0.717) is 9.21 Å². The maximum absolute atomic E-state index is 13.4. The van der Waals surface area contributed by atoms with Gasteiger partial charge in [0, 0.05) is 10.4 Å². The van der Waals surface area contributed by atoms with Gasteiger partial charge >= 0.3 is 0 Å². The SMILES string of the molecule is NC(c1ccc(Cl)s1)c1c(F)cccc1F. The van der Waals surface area contributed by atoms with Crippen LogP contribution >= 0.6 is 22.9 Å². The first-order valence-corrected chi connectivity index (χ1v) is 5.74. The molecule has 1 nitrogen and oxygen atoms in total. The maximum atomic E-state index is 13.4. The molecule has 5 heteroatoms. The molecule has 0 amide bonds. The van der Waals surface area contributed by atoms with Gasteiger partial charge in [-0.05, 0) is 24.3 Å². The van der Waals surface area contributed by atoms with Gasteiger partial charge in [-0.1, -0.05) is 17.7 Å². The summed E-state index contributed by atoms with van der Waals surface area (Å²) in [5, 5.41) is 0. The lowest BCUT2D eigenvalue weighted by Crippen LogP contribution is -2.14. The molecule has 0 aliphatic rings. The Morgan fingerprint density at radius 2 is 1.75 bits per heavy atom. The molecule has 2 aromatic rings. The molecule has 0 bridgehead atoms. The lowest BCUT2D eigenvalue weighted by Gasteiger charge is -2.11. The minimum atomic E-state index is -0.821. The van der Waals surface area contributed by atoms with Crippen molar-refractivity contribution in [3.05, 3.63) is 56.7 Å². The molecule has 0 fully saturated rings. The lowest BCUT2D eigenvalue weighted by molar-refractivity contribution is 0.545. The Hall–Kier alpha value is -0.970. The number of nitrogens with two attached hydrogens (primary N) is 1. The average Bonchev–Trinajstić information content (AvgIpc) is 2.64. The number of hydrogen-bond donors (Lipinski definition) is 1. The Morgan fingerprint density at radius 3 is 2.25 bits per heavy atom. The molecule has 1 unspecified atom stereocenters. The van der Waals surface area contributed by atoms with Gasteiger partial charge in [-0.3, -0.25) is 0 Å². The van der Waals surface area contributed by atoms with Crippen molar-refractivity contribution in [2.45, 2.75) is 6.04 Å². The molecule has 1 aromatic heterocycles. The highest BCUT2D eigenvalue weighted by molar-refractivity contribution is 7.16. The molecule has 2 rings (SSSR count). The molecule has 1 atom stereocenters. The quantitative estimate of drug-likeness (QED) is 0.874. The summed E-state index contributed by atoms with van der Waals surface area (Å²) in [6.07, 6.45) is 0. The molecular weight excluding hydrogens is 252 g/mol. The third-order valence-electron chi connectivity index (χ3n) is 2.21. The van der Waals surface area contributed by atoms with Crippen LogP contribution in [0, 0.1) is 11.6 Å². The highest BCUT2D eigenvalue weighted by Gasteiger charge is 2.19. The fraction of sp³-hybridized carbons (Fsp3) is 0.0909.